The van der Waals surface area contributed by atoms with Gasteiger partial charge in [0.2, 0.25) is 0 Å². The normalized spacial score (nSPS) is 11.1. The maximum atomic E-state index is 2.34. The summed E-state index contributed by atoms with van der Waals surface area (Å²) in [5.41, 5.74) is 13.8. The first-order valence-corrected chi connectivity index (χ1v) is 19.8. The standard InChI is InChI=1S/C56H40N2/c1-4-15-41(16-5-1)42-29-34-49(35-30-42)57(47-20-6-2-7-21-47)51-24-14-25-52(40-51)58(48-22-8-3-9-23-48)50-36-31-43(32-37-50)45-33-38-54-46(39-45)19-13-28-56(54)55-27-12-18-44-17-10-11-26-53(44)55/h1-40H. The lowest BCUT2D eigenvalue weighted by Gasteiger charge is -2.29. The molecular formula is C56H40N2. The number of nitrogens with zero attached hydrogens (tertiary/aromatic N) is 2. The van der Waals surface area contributed by atoms with E-state index in [-0.39, 0.29) is 0 Å². The first kappa shape index (κ1) is 34.8. The van der Waals surface area contributed by atoms with Crippen LogP contribution in [0.4, 0.5) is 34.1 Å². The third-order valence-corrected chi connectivity index (χ3v) is 11.0. The molecule has 274 valence electrons. The first-order chi connectivity index (χ1) is 28.8. The quantitative estimate of drug-likeness (QED) is 0.145. The van der Waals surface area contributed by atoms with E-state index in [1.807, 2.05) is 0 Å². The number of hydrogen-bond donors (Lipinski definition) is 0. The van der Waals surface area contributed by atoms with E-state index in [4.69, 9.17) is 0 Å². The Kier molecular flexibility index (Phi) is 9.27. The second-order valence-electron chi connectivity index (χ2n) is 14.6. The highest BCUT2D eigenvalue weighted by Gasteiger charge is 2.18. The molecule has 2 nitrogen and oxygen atoms in total. The fourth-order valence-corrected chi connectivity index (χ4v) is 8.21. The molecule has 10 aromatic carbocycles. The first-order valence-electron chi connectivity index (χ1n) is 19.8. The van der Waals surface area contributed by atoms with Gasteiger partial charge in [-0.1, -0.05) is 170 Å². The van der Waals surface area contributed by atoms with Crippen LogP contribution in [0.3, 0.4) is 0 Å². The highest BCUT2D eigenvalue weighted by atomic mass is 15.2. The molecule has 58 heavy (non-hydrogen) atoms. The maximum absolute atomic E-state index is 2.34. The molecule has 0 amide bonds. The van der Waals surface area contributed by atoms with Crippen molar-refractivity contribution in [3.8, 4) is 33.4 Å². The summed E-state index contributed by atoms with van der Waals surface area (Å²) in [5.74, 6) is 0. The van der Waals surface area contributed by atoms with Crippen molar-refractivity contribution in [1.29, 1.82) is 0 Å². The van der Waals surface area contributed by atoms with Crippen LogP contribution >= 0.6 is 0 Å². The molecule has 0 saturated heterocycles. The monoisotopic (exact) mass is 740 g/mol. The van der Waals surface area contributed by atoms with Crippen LogP contribution < -0.4 is 9.80 Å². The van der Waals surface area contributed by atoms with Crippen molar-refractivity contribution < 1.29 is 0 Å². The van der Waals surface area contributed by atoms with Gasteiger partial charge in [-0.2, -0.15) is 0 Å². The van der Waals surface area contributed by atoms with E-state index in [0.717, 1.165) is 34.1 Å². The molecule has 0 aliphatic carbocycles. The van der Waals surface area contributed by atoms with Gasteiger partial charge in [-0.25, -0.2) is 0 Å². The smallest absolute Gasteiger partial charge is 0.0482 e. The third kappa shape index (κ3) is 6.78. The Hall–Kier alpha value is -7.68. The SMILES string of the molecule is c1ccc(-c2ccc(N(c3ccccc3)c3cccc(N(c4ccccc4)c4ccc(-c5ccc6c(-c7cccc8ccccc78)cccc6c5)cc4)c3)cc2)cc1. The molecule has 2 heteroatoms. The Morgan fingerprint density at radius 2 is 0.586 bits per heavy atom. The molecular weight excluding hydrogens is 701 g/mol. The predicted molar refractivity (Wildman–Crippen MR) is 247 cm³/mol. The Labute approximate surface area is 340 Å². The summed E-state index contributed by atoms with van der Waals surface area (Å²) in [5, 5.41) is 5.02. The Morgan fingerprint density at radius 1 is 0.207 bits per heavy atom. The minimum absolute atomic E-state index is 1.07. The van der Waals surface area contributed by atoms with Crippen LogP contribution in [0.2, 0.25) is 0 Å². The summed E-state index contributed by atoms with van der Waals surface area (Å²) in [4.78, 5) is 4.67. The van der Waals surface area contributed by atoms with E-state index in [1.54, 1.807) is 0 Å². The lowest BCUT2D eigenvalue weighted by Crippen LogP contribution is -2.13. The summed E-state index contributed by atoms with van der Waals surface area (Å²) in [7, 11) is 0. The maximum Gasteiger partial charge on any atom is 0.0482 e. The number of anilines is 6. The van der Waals surface area contributed by atoms with Crippen molar-refractivity contribution >= 4 is 55.7 Å². The fourth-order valence-electron chi connectivity index (χ4n) is 8.21. The summed E-state index contributed by atoms with van der Waals surface area (Å²) < 4.78 is 0. The van der Waals surface area contributed by atoms with Gasteiger partial charge >= 0.3 is 0 Å². The van der Waals surface area contributed by atoms with Crippen LogP contribution in [0, 0.1) is 0 Å². The van der Waals surface area contributed by atoms with Crippen LogP contribution in [0.25, 0.3) is 54.9 Å². The average Bonchev–Trinajstić information content (AvgIpc) is 3.30. The van der Waals surface area contributed by atoms with Crippen molar-refractivity contribution in [2.24, 2.45) is 0 Å². The van der Waals surface area contributed by atoms with Crippen LogP contribution in [0.5, 0.6) is 0 Å². The van der Waals surface area contributed by atoms with Crippen LogP contribution in [-0.4, -0.2) is 0 Å². The Morgan fingerprint density at radius 3 is 1.17 bits per heavy atom. The number of hydrogen-bond acceptors (Lipinski definition) is 2. The topological polar surface area (TPSA) is 6.48 Å². The fraction of sp³-hybridized carbons (Fsp3) is 0. The van der Waals surface area contributed by atoms with Gasteiger partial charge in [0, 0.05) is 34.1 Å². The van der Waals surface area contributed by atoms with Crippen LogP contribution in [0.1, 0.15) is 0 Å². The lowest BCUT2D eigenvalue weighted by atomic mass is 9.92. The molecule has 0 fully saturated rings. The number of fused-ring (bicyclic) bond motifs is 2. The molecule has 0 aliphatic rings. The molecule has 0 N–H and O–H groups in total. The zero-order chi connectivity index (χ0) is 38.7. The van der Waals surface area contributed by atoms with Gasteiger partial charge in [0.05, 0.1) is 0 Å². The number of benzene rings is 10. The lowest BCUT2D eigenvalue weighted by molar-refractivity contribution is 1.25. The third-order valence-electron chi connectivity index (χ3n) is 11.0. The second kappa shape index (κ2) is 15.5. The highest BCUT2D eigenvalue weighted by molar-refractivity contribution is 6.06. The average molecular weight is 741 g/mol. The second-order valence-corrected chi connectivity index (χ2v) is 14.6. The molecule has 10 aromatic rings. The molecule has 0 bridgehead atoms. The summed E-state index contributed by atoms with van der Waals surface area (Å²) in [6.45, 7) is 0. The van der Waals surface area contributed by atoms with Gasteiger partial charge < -0.3 is 9.80 Å². The molecule has 10 rings (SSSR count). The van der Waals surface area contributed by atoms with Crippen molar-refractivity contribution in [2.45, 2.75) is 0 Å². The molecule has 0 aliphatic heterocycles. The van der Waals surface area contributed by atoms with E-state index in [1.165, 1.54) is 54.9 Å². The van der Waals surface area contributed by atoms with Crippen molar-refractivity contribution in [2.75, 3.05) is 9.80 Å². The van der Waals surface area contributed by atoms with Crippen LogP contribution in [0.15, 0.2) is 243 Å². The molecule has 0 saturated carbocycles. The van der Waals surface area contributed by atoms with E-state index >= 15 is 0 Å². The molecule has 0 radical (unpaired) electrons. The minimum atomic E-state index is 1.07. The molecule has 0 heterocycles. The number of para-hydroxylation sites is 2. The van der Waals surface area contributed by atoms with E-state index < -0.39 is 0 Å². The zero-order valence-electron chi connectivity index (χ0n) is 32.0. The van der Waals surface area contributed by atoms with E-state index in [0.29, 0.717) is 0 Å². The zero-order valence-corrected chi connectivity index (χ0v) is 32.0. The summed E-state index contributed by atoms with van der Waals surface area (Å²) in [6, 6.07) is 87.2. The van der Waals surface area contributed by atoms with Crippen molar-refractivity contribution in [1.82, 2.24) is 0 Å². The largest absolute Gasteiger partial charge is 0.310 e. The number of rotatable bonds is 9. The van der Waals surface area contributed by atoms with E-state index in [2.05, 4.69) is 252 Å². The Balaban J connectivity index is 1.00. The van der Waals surface area contributed by atoms with E-state index in [9.17, 15) is 0 Å². The summed E-state index contributed by atoms with van der Waals surface area (Å²) >= 11 is 0. The molecule has 0 spiro atoms. The van der Waals surface area contributed by atoms with Crippen molar-refractivity contribution in [3.63, 3.8) is 0 Å². The molecule has 0 atom stereocenters. The van der Waals surface area contributed by atoms with Gasteiger partial charge in [0.25, 0.3) is 0 Å². The predicted octanol–water partition coefficient (Wildman–Crippen LogP) is 15.9. The molecule has 0 aromatic heterocycles. The Bertz CT molecular complexity index is 2970. The molecule has 0 unspecified atom stereocenters. The van der Waals surface area contributed by atoms with Gasteiger partial charge in [0.15, 0.2) is 0 Å². The van der Waals surface area contributed by atoms with Gasteiger partial charge in [0.1, 0.15) is 0 Å². The highest BCUT2D eigenvalue weighted by Crippen LogP contribution is 2.42. The van der Waals surface area contributed by atoms with Gasteiger partial charge in [-0.15, -0.1) is 0 Å². The van der Waals surface area contributed by atoms with Crippen molar-refractivity contribution in [3.05, 3.63) is 243 Å². The van der Waals surface area contributed by atoms with Gasteiger partial charge in [-0.3, -0.25) is 0 Å². The minimum Gasteiger partial charge on any atom is -0.310 e. The van der Waals surface area contributed by atoms with Gasteiger partial charge in [-0.05, 0) is 128 Å². The summed E-state index contributed by atoms with van der Waals surface area (Å²) in [6.07, 6.45) is 0. The van der Waals surface area contributed by atoms with Crippen LogP contribution in [-0.2, 0) is 0 Å².